The van der Waals surface area contributed by atoms with Crippen LogP contribution >= 0.6 is 11.6 Å². The summed E-state index contributed by atoms with van der Waals surface area (Å²) in [5, 5.41) is 12.5. The highest BCUT2D eigenvalue weighted by atomic mass is 35.5. The zero-order chi connectivity index (χ0) is 12.9. The van der Waals surface area contributed by atoms with E-state index in [1.807, 2.05) is 24.3 Å². The van der Waals surface area contributed by atoms with Crippen molar-refractivity contribution in [3.05, 3.63) is 34.9 Å². The van der Waals surface area contributed by atoms with E-state index in [9.17, 15) is 4.79 Å². The Labute approximate surface area is 107 Å². The molecule has 0 spiro atoms. The number of rotatable bonds is 5. The molecule has 0 aliphatic rings. The van der Waals surface area contributed by atoms with Crippen molar-refractivity contribution < 1.29 is 9.90 Å². The molecule has 0 saturated heterocycles. The molecule has 0 aromatic heterocycles. The molecule has 0 radical (unpaired) electrons. The van der Waals surface area contributed by atoms with Gasteiger partial charge in [-0.25, -0.2) is 0 Å². The Balaban J connectivity index is 2.47. The fourth-order valence-electron chi connectivity index (χ4n) is 1.43. The van der Waals surface area contributed by atoms with Crippen LogP contribution in [0.3, 0.4) is 0 Å². The van der Waals surface area contributed by atoms with Gasteiger partial charge in [-0.3, -0.25) is 4.79 Å². The maximum atomic E-state index is 11.6. The molecule has 0 bridgehead atoms. The summed E-state index contributed by atoms with van der Waals surface area (Å²) in [5.41, 5.74) is 0.392. The lowest BCUT2D eigenvalue weighted by molar-refractivity contribution is -0.123. The van der Waals surface area contributed by atoms with Crippen LogP contribution in [-0.2, 0) is 11.2 Å². The van der Waals surface area contributed by atoms with Crippen molar-refractivity contribution in [2.45, 2.75) is 32.2 Å². The van der Waals surface area contributed by atoms with E-state index in [4.69, 9.17) is 16.7 Å². The molecule has 0 fully saturated rings. The van der Waals surface area contributed by atoms with E-state index in [0.717, 1.165) is 5.56 Å². The van der Waals surface area contributed by atoms with Gasteiger partial charge in [-0.1, -0.05) is 29.8 Å². The average Bonchev–Trinajstić information content (AvgIpc) is 2.27. The first-order valence-corrected chi connectivity index (χ1v) is 5.98. The summed E-state index contributed by atoms with van der Waals surface area (Å²) in [6, 6.07) is 7.48. The Morgan fingerprint density at radius 1 is 1.41 bits per heavy atom. The van der Waals surface area contributed by atoms with E-state index in [1.54, 1.807) is 13.8 Å². The minimum Gasteiger partial charge on any atom is -0.394 e. The van der Waals surface area contributed by atoms with Crippen molar-refractivity contribution in [3.63, 3.8) is 0 Å². The number of carbonyl (C=O) groups is 1. The topological polar surface area (TPSA) is 49.3 Å². The van der Waals surface area contributed by atoms with Crippen molar-refractivity contribution in [2.75, 3.05) is 6.61 Å². The lowest BCUT2D eigenvalue weighted by atomic mass is 10.1. The van der Waals surface area contributed by atoms with E-state index in [2.05, 4.69) is 5.32 Å². The Bertz CT molecular complexity index is 391. The first-order chi connectivity index (χ1) is 7.94. The van der Waals surface area contributed by atoms with Gasteiger partial charge in [-0.2, -0.15) is 0 Å². The Kier molecular flexibility index (Phi) is 4.97. The Morgan fingerprint density at radius 2 is 2.06 bits per heavy atom. The summed E-state index contributed by atoms with van der Waals surface area (Å²) in [4.78, 5) is 11.6. The number of hydrogen-bond acceptors (Lipinski definition) is 2. The number of carbonyl (C=O) groups excluding carboxylic acids is 1. The van der Waals surface area contributed by atoms with E-state index < -0.39 is 5.54 Å². The molecule has 0 aliphatic heterocycles. The third-order valence-electron chi connectivity index (χ3n) is 2.45. The Hall–Kier alpha value is -1.06. The highest BCUT2D eigenvalue weighted by Gasteiger charge is 2.18. The zero-order valence-corrected chi connectivity index (χ0v) is 10.9. The van der Waals surface area contributed by atoms with Crippen molar-refractivity contribution in [2.24, 2.45) is 0 Å². The predicted molar refractivity (Wildman–Crippen MR) is 69.1 cm³/mol. The molecule has 2 N–H and O–H groups in total. The standard InChI is InChI=1S/C13H18ClNO2/c1-13(2,9-16)15-12(17)8-7-10-5-3-4-6-11(10)14/h3-6,16H,7-9H2,1-2H3,(H,15,17). The van der Waals surface area contributed by atoms with Crippen LogP contribution < -0.4 is 5.32 Å². The quantitative estimate of drug-likeness (QED) is 0.847. The van der Waals surface area contributed by atoms with E-state index in [-0.39, 0.29) is 12.5 Å². The van der Waals surface area contributed by atoms with Gasteiger partial charge >= 0.3 is 0 Å². The molecule has 0 saturated carbocycles. The molecule has 1 aromatic carbocycles. The summed E-state index contributed by atoms with van der Waals surface area (Å²) in [6.07, 6.45) is 0.972. The minimum absolute atomic E-state index is 0.0785. The molecule has 1 amide bonds. The van der Waals surface area contributed by atoms with Crippen molar-refractivity contribution in [1.82, 2.24) is 5.32 Å². The molecule has 94 valence electrons. The number of aryl methyl sites for hydroxylation is 1. The molecule has 0 aliphatic carbocycles. The number of benzene rings is 1. The van der Waals surface area contributed by atoms with Crippen LogP contribution in [0.1, 0.15) is 25.8 Å². The van der Waals surface area contributed by atoms with E-state index in [0.29, 0.717) is 17.9 Å². The van der Waals surface area contributed by atoms with Crippen LogP contribution in [-0.4, -0.2) is 23.2 Å². The van der Waals surface area contributed by atoms with Crippen molar-refractivity contribution in [3.8, 4) is 0 Å². The van der Waals surface area contributed by atoms with Gasteiger partial charge in [0.1, 0.15) is 0 Å². The van der Waals surface area contributed by atoms with Crippen LogP contribution in [0.4, 0.5) is 0 Å². The van der Waals surface area contributed by atoms with Crippen molar-refractivity contribution >= 4 is 17.5 Å². The molecule has 4 heteroatoms. The first kappa shape index (κ1) is 14.0. The van der Waals surface area contributed by atoms with Gasteiger partial charge in [0.05, 0.1) is 12.1 Å². The molecule has 1 aromatic rings. The van der Waals surface area contributed by atoms with Gasteiger partial charge in [0.15, 0.2) is 0 Å². The van der Waals surface area contributed by atoms with Gasteiger partial charge in [0.2, 0.25) is 5.91 Å². The lowest BCUT2D eigenvalue weighted by Gasteiger charge is -2.23. The maximum absolute atomic E-state index is 11.6. The molecule has 0 atom stereocenters. The second kappa shape index (κ2) is 6.03. The smallest absolute Gasteiger partial charge is 0.220 e. The SMILES string of the molecule is CC(C)(CO)NC(=O)CCc1ccccc1Cl. The minimum atomic E-state index is -0.572. The second-order valence-electron chi connectivity index (χ2n) is 4.68. The molecule has 3 nitrogen and oxygen atoms in total. The van der Waals surface area contributed by atoms with Crippen LogP contribution in [0.25, 0.3) is 0 Å². The molecule has 17 heavy (non-hydrogen) atoms. The largest absolute Gasteiger partial charge is 0.394 e. The van der Waals surface area contributed by atoms with E-state index >= 15 is 0 Å². The van der Waals surface area contributed by atoms with Crippen molar-refractivity contribution in [1.29, 1.82) is 0 Å². The third kappa shape index (κ3) is 4.75. The fraction of sp³-hybridized carbons (Fsp3) is 0.462. The third-order valence-corrected chi connectivity index (χ3v) is 2.82. The van der Waals surface area contributed by atoms with Gasteiger partial charge in [-0.05, 0) is 31.9 Å². The second-order valence-corrected chi connectivity index (χ2v) is 5.09. The molecule has 0 unspecified atom stereocenters. The number of aliphatic hydroxyl groups is 1. The number of halogens is 1. The zero-order valence-electron chi connectivity index (χ0n) is 10.2. The molecular formula is C13H18ClNO2. The van der Waals surface area contributed by atoms with Crippen LogP contribution in [0.5, 0.6) is 0 Å². The van der Waals surface area contributed by atoms with Crippen LogP contribution in [0.15, 0.2) is 24.3 Å². The van der Waals surface area contributed by atoms with Gasteiger partial charge < -0.3 is 10.4 Å². The molecule has 1 rings (SSSR count). The van der Waals surface area contributed by atoms with Crippen LogP contribution in [0, 0.1) is 0 Å². The normalized spacial score (nSPS) is 11.3. The number of nitrogens with one attached hydrogen (secondary N) is 1. The highest BCUT2D eigenvalue weighted by Crippen LogP contribution is 2.16. The number of amides is 1. The molecule has 0 heterocycles. The van der Waals surface area contributed by atoms with Gasteiger partial charge in [-0.15, -0.1) is 0 Å². The average molecular weight is 256 g/mol. The number of aliphatic hydroxyl groups excluding tert-OH is 1. The summed E-state index contributed by atoms with van der Waals surface area (Å²) in [5.74, 6) is -0.0797. The predicted octanol–water partition coefficient (Wildman–Crippen LogP) is 2.16. The molecular weight excluding hydrogens is 238 g/mol. The summed E-state index contributed by atoms with van der Waals surface area (Å²) >= 11 is 6.00. The van der Waals surface area contributed by atoms with E-state index in [1.165, 1.54) is 0 Å². The van der Waals surface area contributed by atoms with Gasteiger partial charge in [0.25, 0.3) is 0 Å². The monoisotopic (exact) mass is 255 g/mol. The summed E-state index contributed by atoms with van der Waals surface area (Å²) in [7, 11) is 0. The first-order valence-electron chi connectivity index (χ1n) is 5.60. The summed E-state index contributed by atoms with van der Waals surface area (Å²) in [6.45, 7) is 3.48. The lowest BCUT2D eigenvalue weighted by Crippen LogP contribution is -2.46. The maximum Gasteiger partial charge on any atom is 0.220 e. The van der Waals surface area contributed by atoms with Crippen LogP contribution in [0.2, 0.25) is 5.02 Å². The number of hydrogen-bond donors (Lipinski definition) is 2. The highest BCUT2D eigenvalue weighted by molar-refractivity contribution is 6.31. The Morgan fingerprint density at radius 3 is 2.65 bits per heavy atom. The van der Waals surface area contributed by atoms with Gasteiger partial charge in [0, 0.05) is 11.4 Å². The fourth-order valence-corrected chi connectivity index (χ4v) is 1.66. The summed E-state index contributed by atoms with van der Waals surface area (Å²) < 4.78 is 0.